The van der Waals surface area contributed by atoms with Crippen molar-refractivity contribution in [2.24, 2.45) is 0 Å². The molecule has 26 heavy (non-hydrogen) atoms. The van der Waals surface area contributed by atoms with E-state index in [1.807, 2.05) is 0 Å². The van der Waals surface area contributed by atoms with E-state index in [4.69, 9.17) is 37.4 Å². The van der Waals surface area contributed by atoms with Crippen molar-refractivity contribution in [3.05, 3.63) is 52.0 Å². The smallest absolute Gasteiger partial charge is 0.342 e. The highest BCUT2D eigenvalue weighted by Crippen LogP contribution is 2.26. The van der Waals surface area contributed by atoms with E-state index in [0.29, 0.717) is 21.5 Å². The maximum Gasteiger partial charge on any atom is 0.342 e. The summed E-state index contributed by atoms with van der Waals surface area (Å²) in [7, 11) is 2.92. The predicted molar refractivity (Wildman–Crippen MR) is 99.5 cm³/mol. The second-order valence-corrected chi connectivity index (χ2v) is 6.13. The SMILES string of the molecule is COc1ccc(C(=O)O[C@H](C)C(=O)Nc2cc(Cl)cc(Cl)c2)c(OC)c1. The van der Waals surface area contributed by atoms with Crippen LogP contribution in [0.4, 0.5) is 5.69 Å². The van der Waals surface area contributed by atoms with Gasteiger partial charge in [-0.25, -0.2) is 4.79 Å². The number of rotatable bonds is 6. The first-order valence-corrected chi connectivity index (χ1v) is 8.29. The molecule has 0 fully saturated rings. The number of nitrogens with one attached hydrogen (secondary N) is 1. The lowest BCUT2D eigenvalue weighted by molar-refractivity contribution is -0.123. The Morgan fingerprint density at radius 1 is 1.00 bits per heavy atom. The van der Waals surface area contributed by atoms with Gasteiger partial charge in [0.1, 0.15) is 17.1 Å². The zero-order valence-corrected chi connectivity index (χ0v) is 15.9. The van der Waals surface area contributed by atoms with Crippen LogP contribution in [-0.4, -0.2) is 32.2 Å². The van der Waals surface area contributed by atoms with Gasteiger partial charge in [0.2, 0.25) is 0 Å². The Hall–Kier alpha value is -2.44. The van der Waals surface area contributed by atoms with Gasteiger partial charge in [-0.3, -0.25) is 4.79 Å². The molecular weight excluding hydrogens is 381 g/mol. The van der Waals surface area contributed by atoms with Gasteiger partial charge in [-0.2, -0.15) is 0 Å². The molecule has 1 amide bonds. The lowest BCUT2D eigenvalue weighted by Crippen LogP contribution is -2.30. The standard InChI is InChI=1S/C18H17Cl2NO5/c1-10(17(22)21-13-7-11(19)6-12(20)8-13)26-18(23)15-5-4-14(24-2)9-16(15)25-3/h4-10H,1-3H3,(H,21,22)/t10-/m1/s1. The Labute approximate surface area is 160 Å². The lowest BCUT2D eigenvalue weighted by atomic mass is 10.2. The second kappa shape index (κ2) is 8.78. The maximum atomic E-state index is 12.3. The first-order chi connectivity index (χ1) is 12.3. The molecule has 0 aliphatic heterocycles. The molecule has 0 saturated heterocycles. The molecule has 2 aromatic rings. The summed E-state index contributed by atoms with van der Waals surface area (Å²) in [5.74, 6) is -0.411. The molecule has 1 N–H and O–H groups in total. The molecule has 0 heterocycles. The molecule has 2 aromatic carbocycles. The van der Waals surface area contributed by atoms with E-state index in [0.717, 1.165) is 0 Å². The zero-order valence-electron chi connectivity index (χ0n) is 14.3. The third-order valence-electron chi connectivity index (χ3n) is 3.41. The fourth-order valence-corrected chi connectivity index (χ4v) is 2.64. The summed E-state index contributed by atoms with van der Waals surface area (Å²) >= 11 is 11.8. The summed E-state index contributed by atoms with van der Waals surface area (Å²) in [5.41, 5.74) is 0.580. The molecule has 0 spiro atoms. The van der Waals surface area contributed by atoms with E-state index in [1.54, 1.807) is 12.1 Å². The number of anilines is 1. The number of hydrogen-bond donors (Lipinski definition) is 1. The van der Waals surface area contributed by atoms with Gasteiger partial charge in [0.25, 0.3) is 5.91 Å². The largest absolute Gasteiger partial charge is 0.497 e. The molecule has 0 aliphatic rings. The normalized spacial score (nSPS) is 11.4. The average molecular weight is 398 g/mol. The molecule has 138 valence electrons. The summed E-state index contributed by atoms with van der Waals surface area (Å²) in [4.78, 5) is 24.6. The summed E-state index contributed by atoms with van der Waals surface area (Å²) in [6.45, 7) is 1.45. The number of esters is 1. The second-order valence-electron chi connectivity index (χ2n) is 5.26. The van der Waals surface area contributed by atoms with E-state index < -0.39 is 18.0 Å². The number of carbonyl (C=O) groups excluding carboxylic acids is 2. The Balaban J connectivity index is 2.07. The van der Waals surface area contributed by atoms with Gasteiger partial charge in [0.15, 0.2) is 6.10 Å². The van der Waals surface area contributed by atoms with E-state index in [-0.39, 0.29) is 11.3 Å². The van der Waals surface area contributed by atoms with E-state index in [1.165, 1.54) is 45.4 Å². The summed E-state index contributed by atoms with van der Waals surface area (Å²) in [5, 5.41) is 3.34. The fraction of sp³-hybridized carbons (Fsp3) is 0.222. The van der Waals surface area contributed by atoms with Crippen molar-refractivity contribution in [1.29, 1.82) is 0 Å². The van der Waals surface area contributed by atoms with Crippen molar-refractivity contribution >= 4 is 40.8 Å². The van der Waals surface area contributed by atoms with Crippen LogP contribution in [0.25, 0.3) is 0 Å². The molecule has 0 bridgehead atoms. The molecule has 0 aliphatic carbocycles. The number of halogens is 2. The topological polar surface area (TPSA) is 73.9 Å². The van der Waals surface area contributed by atoms with Crippen LogP contribution in [0.5, 0.6) is 11.5 Å². The molecule has 6 nitrogen and oxygen atoms in total. The minimum absolute atomic E-state index is 0.179. The Morgan fingerprint density at radius 2 is 1.65 bits per heavy atom. The van der Waals surface area contributed by atoms with Crippen molar-refractivity contribution in [2.45, 2.75) is 13.0 Å². The fourth-order valence-electron chi connectivity index (χ4n) is 2.11. The van der Waals surface area contributed by atoms with Crippen molar-refractivity contribution in [3.8, 4) is 11.5 Å². The molecule has 0 saturated carbocycles. The number of carbonyl (C=O) groups is 2. The van der Waals surface area contributed by atoms with Gasteiger partial charge in [-0.05, 0) is 37.3 Å². The van der Waals surface area contributed by atoms with Crippen LogP contribution in [0, 0.1) is 0 Å². The molecular formula is C18H17Cl2NO5. The number of ether oxygens (including phenoxy) is 3. The van der Waals surface area contributed by atoms with E-state index in [2.05, 4.69) is 5.32 Å². The third-order valence-corrected chi connectivity index (χ3v) is 3.85. The highest BCUT2D eigenvalue weighted by atomic mass is 35.5. The molecule has 1 atom stereocenters. The molecule has 2 rings (SSSR count). The first kappa shape index (κ1) is 19.9. The van der Waals surface area contributed by atoms with Crippen LogP contribution >= 0.6 is 23.2 Å². The van der Waals surface area contributed by atoms with Gasteiger partial charge in [-0.1, -0.05) is 23.2 Å². The van der Waals surface area contributed by atoms with Crippen molar-refractivity contribution in [1.82, 2.24) is 0 Å². The van der Waals surface area contributed by atoms with Gasteiger partial charge in [0, 0.05) is 21.8 Å². The molecule has 0 radical (unpaired) electrons. The third kappa shape index (κ3) is 5.03. The van der Waals surface area contributed by atoms with Gasteiger partial charge >= 0.3 is 5.97 Å². The average Bonchev–Trinajstić information content (AvgIpc) is 2.59. The minimum Gasteiger partial charge on any atom is -0.497 e. The van der Waals surface area contributed by atoms with Gasteiger partial charge in [-0.15, -0.1) is 0 Å². The number of amides is 1. The van der Waals surface area contributed by atoms with E-state index in [9.17, 15) is 9.59 Å². The summed E-state index contributed by atoms with van der Waals surface area (Å²) < 4.78 is 15.5. The monoisotopic (exact) mass is 397 g/mol. The molecule has 8 heteroatoms. The number of benzene rings is 2. The van der Waals surface area contributed by atoms with Crippen LogP contribution in [-0.2, 0) is 9.53 Å². The zero-order chi connectivity index (χ0) is 19.3. The van der Waals surface area contributed by atoms with Crippen LogP contribution < -0.4 is 14.8 Å². The number of methoxy groups -OCH3 is 2. The van der Waals surface area contributed by atoms with Crippen molar-refractivity contribution in [3.63, 3.8) is 0 Å². The van der Waals surface area contributed by atoms with Crippen LogP contribution in [0.15, 0.2) is 36.4 Å². The summed E-state index contributed by atoms with van der Waals surface area (Å²) in [6, 6.07) is 9.26. The number of hydrogen-bond acceptors (Lipinski definition) is 5. The first-order valence-electron chi connectivity index (χ1n) is 7.54. The van der Waals surface area contributed by atoms with Crippen LogP contribution in [0.1, 0.15) is 17.3 Å². The van der Waals surface area contributed by atoms with Gasteiger partial charge in [0.05, 0.1) is 14.2 Å². The minimum atomic E-state index is -1.05. The predicted octanol–water partition coefficient (Wildman–Crippen LogP) is 4.19. The van der Waals surface area contributed by atoms with Gasteiger partial charge < -0.3 is 19.5 Å². The molecule has 0 aromatic heterocycles. The molecule has 0 unspecified atom stereocenters. The Kier molecular flexibility index (Phi) is 6.71. The van der Waals surface area contributed by atoms with Crippen LogP contribution in [0.2, 0.25) is 10.0 Å². The summed E-state index contributed by atoms with van der Waals surface area (Å²) in [6.07, 6.45) is -1.05. The maximum absolute atomic E-state index is 12.3. The lowest BCUT2D eigenvalue weighted by Gasteiger charge is -2.15. The van der Waals surface area contributed by atoms with Crippen molar-refractivity contribution < 1.29 is 23.8 Å². The Bertz CT molecular complexity index is 805. The van der Waals surface area contributed by atoms with E-state index >= 15 is 0 Å². The van der Waals surface area contributed by atoms with Crippen LogP contribution in [0.3, 0.4) is 0 Å². The highest BCUT2D eigenvalue weighted by Gasteiger charge is 2.22. The Morgan fingerprint density at radius 3 is 2.23 bits per heavy atom. The highest BCUT2D eigenvalue weighted by molar-refractivity contribution is 6.35. The van der Waals surface area contributed by atoms with Crippen molar-refractivity contribution in [2.75, 3.05) is 19.5 Å². The quantitative estimate of drug-likeness (QED) is 0.739.